The quantitative estimate of drug-likeness (QED) is 0.828. The summed E-state index contributed by atoms with van der Waals surface area (Å²) in [6.07, 6.45) is 7.00. The molecule has 6 heteroatoms. The molecule has 2 fully saturated rings. The van der Waals surface area contributed by atoms with Gasteiger partial charge in [-0.1, -0.05) is 12.5 Å². The number of nitrogens with zero attached hydrogens (tertiary/aromatic N) is 3. The van der Waals surface area contributed by atoms with Gasteiger partial charge in [0.05, 0.1) is 13.7 Å². The van der Waals surface area contributed by atoms with Crippen LogP contribution in [0.1, 0.15) is 37.6 Å². The van der Waals surface area contributed by atoms with Gasteiger partial charge in [0.15, 0.2) is 11.5 Å². The molecule has 2 atom stereocenters. The molecular weight excluding hydrogens is 354 g/mol. The number of piperidine rings is 1. The van der Waals surface area contributed by atoms with Crippen molar-refractivity contribution in [2.45, 2.75) is 38.3 Å². The molecule has 0 radical (unpaired) electrons. The highest BCUT2D eigenvalue weighted by molar-refractivity contribution is 5.43. The lowest BCUT2D eigenvalue weighted by Crippen LogP contribution is -2.58. The maximum Gasteiger partial charge on any atom is 0.161 e. The summed E-state index contributed by atoms with van der Waals surface area (Å²) >= 11 is 0. The van der Waals surface area contributed by atoms with Crippen LogP contribution in [0.2, 0.25) is 0 Å². The number of aryl methyl sites for hydroxylation is 1. The summed E-state index contributed by atoms with van der Waals surface area (Å²) in [4.78, 5) is 6.99. The number of likely N-dealkylation sites (tertiary alicyclic amines) is 1. The molecule has 1 aromatic carbocycles. The summed E-state index contributed by atoms with van der Waals surface area (Å²) < 4.78 is 13.1. The number of methoxy groups -OCH3 is 1. The van der Waals surface area contributed by atoms with Crippen molar-refractivity contribution in [3.8, 4) is 11.5 Å². The molecule has 2 heterocycles. The monoisotopic (exact) mass is 385 g/mol. The van der Waals surface area contributed by atoms with E-state index in [1.165, 1.54) is 12.0 Å². The van der Waals surface area contributed by atoms with Gasteiger partial charge in [-0.05, 0) is 37.5 Å². The van der Waals surface area contributed by atoms with E-state index in [1.807, 2.05) is 30.8 Å². The zero-order valence-corrected chi connectivity index (χ0v) is 17.1. The lowest BCUT2D eigenvalue weighted by molar-refractivity contribution is -0.155. The Kier molecular flexibility index (Phi) is 5.34. The second-order valence-corrected chi connectivity index (χ2v) is 8.12. The molecule has 1 N–H and O–H groups in total. The molecule has 1 aliphatic heterocycles. The van der Waals surface area contributed by atoms with Crippen LogP contribution >= 0.6 is 0 Å². The van der Waals surface area contributed by atoms with Crippen LogP contribution in [0.4, 0.5) is 0 Å². The average molecular weight is 386 g/mol. The van der Waals surface area contributed by atoms with E-state index < -0.39 is 5.60 Å². The van der Waals surface area contributed by atoms with Gasteiger partial charge in [0.2, 0.25) is 0 Å². The lowest BCUT2D eigenvalue weighted by atomic mass is 9.65. The predicted molar refractivity (Wildman–Crippen MR) is 107 cm³/mol. The topological polar surface area (TPSA) is 59.8 Å². The molecule has 2 aliphatic rings. The first-order chi connectivity index (χ1) is 13.6. The molecule has 152 valence electrons. The second kappa shape index (κ2) is 7.76. The van der Waals surface area contributed by atoms with Crippen molar-refractivity contribution in [2.24, 2.45) is 18.9 Å². The highest BCUT2D eigenvalue weighted by atomic mass is 16.5. The van der Waals surface area contributed by atoms with E-state index in [1.54, 1.807) is 13.3 Å². The van der Waals surface area contributed by atoms with E-state index in [9.17, 15) is 5.11 Å². The van der Waals surface area contributed by atoms with Crippen LogP contribution in [0, 0.1) is 11.8 Å². The number of hydrogen-bond donors (Lipinski definition) is 1. The first kappa shape index (κ1) is 19.3. The standard InChI is InChI=1S/C22H31N3O3/c1-4-28-20-12-16(8-9-19(20)27-3)13-25-14-17-6-5-7-18(15-25)22(17,26)21-23-10-11-24(21)2/h8-12,17-18,26H,4-7,13-15H2,1-3H3. The Morgan fingerprint density at radius 2 is 1.96 bits per heavy atom. The molecule has 6 nitrogen and oxygen atoms in total. The third-order valence-corrected chi connectivity index (χ3v) is 6.42. The molecule has 28 heavy (non-hydrogen) atoms. The Labute approximate surface area is 167 Å². The number of aromatic nitrogens is 2. The van der Waals surface area contributed by atoms with Crippen molar-refractivity contribution in [2.75, 3.05) is 26.8 Å². The van der Waals surface area contributed by atoms with E-state index in [4.69, 9.17) is 9.47 Å². The number of aliphatic hydroxyl groups is 1. The smallest absolute Gasteiger partial charge is 0.161 e. The van der Waals surface area contributed by atoms with Crippen LogP contribution in [0.3, 0.4) is 0 Å². The van der Waals surface area contributed by atoms with E-state index in [0.29, 0.717) is 6.61 Å². The fraction of sp³-hybridized carbons (Fsp3) is 0.591. The number of benzene rings is 1. The van der Waals surface area contributed by atoms with Gasteiger partial charge in [-0.2, -0.15) is 0 Å². The highest BCUT2D eigenvalue weighted by Crippen LogP contribution is 2.48. The second-order valence-electron chi connectivity index (χ2n) is 8.12. The zero-order chi connectivity index (χ0) is 19.7. The molecule has 2 unspecified atom stereocenters. The van der Waals surface area contributed by atoms with Crippen molar-refractivity contribution in [1.82, 2.24) is 14.5 Å². The van der Waals surface area contributed by atoms with Crippen molar-refractivity contribution in [1.29, 1.82) is 0 Å². The van der Waals surface area contributed by atoms with Gasteiger partial charge in [0, 0.05) is 50.9 Å². The number of imidazole rings is 1. The zero-order valence-electron chi connectivity index (χ0n) is 17.1. The lowest BCUT2D eigenvalue weighted by Gasteiger charge is -2.52. The first-order valence-electron chi connectivity index (χ1n) is 10.3. The van der Waals surface area contributed by atoms with Crippen molar-refractivity contribution < 1.29 is 14.6 Å². The van der Waals surface area contributed by atoms with Gasteiger partial charge in [-0.15, -0.1) is 0 Å². The summed E-state index contributed by atoms with van der Waals surface area (Å²) in [7, 11) is 3.65. The van der Waals surface area contributed by atoms with Gasteiger partial charge in [-0.3, -0.25) is 4.90 Å². The fourth-order valence-electron chi connectivity index (χ4n) is 5.13. The molecule has 2 aromatic rings. The normalized spacial score (nSPS) is 27.6. The molecule has 0 spiro atoms. The first-order valence-corrected chi connectivity index (χ1v) is 10.3. The molecule has 1 aromatic heterocycles. The largest absolute Gasteiger partial charge is 0.493 e. The Balaban J connectivity index is 1.54. The van der Waals surface area contributed by atoms with Gasteiger partial charge in [0.25, 0.3) is 0 Å². The minimum Gasteiger partial charge on any atom is -0.493 e. The third-order valence-electron chi connectivity index (χ3n) is 6.42. The van der Waals surface area contributed by atoms with Crippen LogP contribution in [-0.2, 0) is 19.2 Å². The molecule has 2 bridgehead atoms. The third kappa shape index (κ3) is 3.29. The Morgan fingerprint density at radius 1 is 1.21 bits per heavy atom. The maximum atomic E-state index is 11.7. The Morgan fingerprint density at radius 3 is 2.57 bits per heavy atom. The summed E-state index contributed by atoms with van der Waals surface area (Å²) in [6, 6.07) is 6.17. The van der Waals surface area contributed by atoms with Crippen LogP contribution in [0.25, 0.3) is 0 Å². The van der Waals surface area contributed by atoms with Crippen molar-refractivity contribution in [3.63, 3.8) is 0 Å². The molecule has 4 rings (SSSR count). The van der Waals surface area contributed by atoms with Crippen LogP contribution in [0.5, 0.6) is 11.5 Å². The minimum absolute atomic E-state index is 0.214. The molecule has 0 amide bonds. The van der Waals surface area contributed by atoms with Gasteiger partial charge < -0.3 is 19.1 Å². The van der Waals surface area contributed by atoms with E-state index >= 15 is 0 Å². The molecular formula is C22H31N3O3. The van der Waals surface area contributed by atoms with Gasteiger partial charge in [-0.25, -0.2) is 4.98 Å². The molecule has 1 saturated carbocycles. The highest BCUT2D eigenvalue weighted by Gasteiger charge is 2.53. The van der Waals surface area contributed by atoms with E-state index in [2.05, 4.69) is 22.0 Å². The minimum atomic E-state index is -0.816. The summed E-state index contributed by atoms with van der Waals surface area (Å²) in [5.41, 5.74) is 0.397. The summed E-state index contributed by atoms with van der Waals surface area (Å²) in [6.45, 7) is 5.22. The summed E-state index contributed by atoms with van der Waals surface area (Å²) in [5.74, 6) is 2.82. The average Bonchev–Trinajstić information content (AvgIpc) is 3.10. The van der Waals surface area contributed by atoms with E-state index in [0.717, 1.165) is 49.8 Å². The van der Waals surface area contributed by atoms with Gasteiger partial charge in [0.1, 0.15) is 11.4 Å². The predicted octanol–water partition coefficient (Wildman–Crippen LogP) is 2.95. The molecule has 1 aliphatic carbocycles. The number of rotatable bonds is 6. The van der Waals surface area contributed by atoms with Crippen LogP contribution < -0.4 is 9.47 Å². The van der Waals surface area contributed by atoms with Crippen LogP contribution in [0.15, 0.2) is 30.6 Å². The maximum absolute atomic E-state index is 11.7. The number of ether oxygens (including phenoxy) is 2. The molecule has 1 saturated heterocycles. The Bertz CT molecular complexity index is 805. The number of fused-ring (bicyclic) bond motifs is 2. The number of hydrogen-bond acceptors (Lipinski definition) is 5. The SMILES string of the molecule is CCOc1cc(CN2CC3CCCC(C2)C3(O)c2nccn2C)ccc1OC. The summed E-state index contributed by atoms with van der Waals surface area (Å²) in [5, 5.41) is 11.7. The van der Waals surface area contributed by atoms with Gasteiger partial charge >= 0.3 is 0 Å². The van der Waals surface area contributed by atoms with Crippen molar-refractivity contribution in [3.05, 3.63) is 42.0 Å². The van der Waals surface area contributed by atoms with Crippen LogP contribution in [-0.4, -0.2) is 46.4 Å². The Hall–Kier alpha value is -2.05. The van der Waals surface area contributed by atoms with Crippen molar-refractivity contribution >= 4 is 0 Å². The fourth-order valence-corrected chi connectivity index (χ4v) is 5.13. The van der Waals surface area contributed by atoms with E-state index in [-0.39, 0.29) is 11.8 Å².